The highest BCUT2D eigenvalue weighted by Gasteiger charge is 2.07. The number of phenolic OH excluding ortho intramolecular Hbond substituents is 1. The molecule has 0 saturated heterocycles. The lowest BCUT2D eigenvalue weighted by molar-refractivity contribution is 0.111. The molecule has 2 rings (SSSR count). The molecule has 2 aromatic rings. The monoisotopic (exact) mass is 200 g/mol. The fraction of sp³-hybridized carbons (Fsp3) is 0. The molecule has 3 heteroatoms. The number of carbonyl (C=O) groups is 2. The number of hydrogen-bond acceptors (Lipinski definition) is 3. The minimum Gasteiger partial charge on any atom is -0.507 e. The summed E-state index contributed by atoms with van der Waals surface area (Å²) < 4.78 is 0. The van der Waals surface area contributed by atoms with Crippen LogP contribution >= 0.6 is 0 Å². The summed E-state index contributed by atoms with van der Waals surface area (Å²) in [5.74, 6) is -0.0689. The Labute approximate surface area is 86.0 Å². The number of hydrogen-bond donors (Lipinski definition) is 1. The van der Waals surface area contributed by atoms with Crippen molar-refractivity contribution in [1.29, 1.82) is 0 Å². The molecule has 0 radical (unpaired) electrons. The van der Waals surface area contributed by atoms with E-state index < -0.39 is 0 Å². The van der Waals surface area contributed by atoms with E-state index in [1.807, 2.05) is 0 Å². The van der Waals surface area contributed by atoms with Crippen molar-refractivity contribution in [3.63, 3.8) is 0 Å². The van der Waals surface area contributed by atoms with Gasteiger partial charge in [0.2, 0.25) is 0 Å². The number of aldehydes is 2. The molecule has 0 spiro atoms. The van der Waals surface area contributed by atoms with Gasteiger partial charge in [0.05, 0.1) is 5.56 Å². The van der Waals surface area contributed by atoms with E-state index in [4.69, 9.17) is 0 Å². The molecule has 0 aliphatic heterocycles. The van der Waals surface area contributed by atoms with Gasteiger partial charge < -0.3 is 5.11 Å². The highest BCUT2D eigenvalue weighted by atomic mass is 16.3. The van der Waals surface area contributed by atoms with Crippen molar-refractivity contribution in [1.82, 2.24) is 0 Å². The Kier molecular flexibility index (Phi) is 2.21. The van der Waals surface area contributed by atoms with Gasteiger partial charge >= 0.3 is 0 Å². The van der Waals surface area contributed by atoms with E-state index in [1.165, 1.54) is 6.07 Å². The van der Waals surface area contributed by atoms with Crippen LogP contribution in [-0.4, -0.2) is 17.7 Å². The summed E-state index contributed by atoms with van der Waals surface area (Å²) in [5, 5.41) is 10.7. The second-order valence-corrected chi connectivity index (χ2v) is 3.18. The summed E-state index contributed by atoms with van der Waals surface area (Å²) in [6.45, 7) is 0. The Morgan fingerprint density at radius 3 is 2.40 bits per heavy atom. The van der Waals surface area contributed by atoms with Gasteiger partial charge in [-0.15, -0.1) is 0 Å². The van der Waals surface area contributed by atoms with Crippen LogP contribution in [0.2, 0.25) is 0 Å². The first kappa shape index (κ1) is 9.40. The van der Waals surface area contributed by atoms with Gasteiger partial charge in [-0.3, -0.25) is 9.59 Å². The average molecular weight is 200 g/mol. The summed E-state index contributed by atoms with van der Waals surface area (Å²) in [4.78, 5) is 21.5. The molecule has 0 bridgehead atoms. The van der Waals surface area contributed by atoms with Crippen LogP contribution in [0.1, 0.15) is 20.7 Å². The molecule has 0 aliphatic carbocycles. The van der Waals surface area contributed by atoms with Gasteiger partial charge in [0.25, 0.3) is 0 Å². The maximum atomic E-state index is 10.8. The zero-order valence-electron chi connectivity index (χ0n) is 7.81. The summed E-state index contributed by atoms with van der Waals surface area (Å²) in [6, 6.07) is 8.09. The van der Waals surface area contributed by atoms with E-state index in [-0.39, 0.29) is 11.3 Å². The highest BCUT2D eigenvalue weighted by Crippen LogP contribution is 2.27. The van der Waals surface area contributed by atoms with Crippen molar-refractivity contribution in [2.45, 2.75) is 0 Å². The summed E-state index contributed by atoms with van der Waals surface area (Å²) in [5.41, 5.74) is 0.729. The first-order chi connectivity index (χ1) is 7.27. The Bertz CT molecular complexity index is 544. The van der Waals surface area contributed by atoms with Gasteiger partial charge in [-0.05, 0) is 22.9 Å². The quantitative estimate of drug-likeness (QED) is 0.756. The van der Waals surface area contributed by atoms with Crippen LogP contribution in [0, 0.1) is 0 Å². The molecule has 0 aliphatic rings. The number of benzene rings is 2. The second kappa shape index (κ2) is 3.53. The summed E-state index contributed by atoms with van der Waals surface area (Å²) in [7, 11) is 0. The lowest BCUT2D eigenvalue weighted by Gasteiger charge is -2.04. The van der Waals surface area contributed by atoms with Gasteiger partial charge in [0.1, 0.15) is 5.75 Å². The molecule has 0 saturated carbocycles. The maximum absolute atomic E-state index is 10.8. The van der Waals surface area contributed by atoms with Crippen LogP contribution in [0.15, 0.2) is 30.3 Å². The van der Waals surface area contributed by atoms with E-state index >= 15 is 0 Å². The normalized spacial score (nSPS) is 10.1. The molecule has 0 aromatic heterocycles. The fourth-order valence-corrected chi connectivity index (χ4v) is 1.62. The predicted octanol–water partition coefficient (Wildman–Crippen LogP) is 2.17. The number of fused-ring (bicyclic) bond motifs is 1. The smallest absolute Gasteiger partial charge is 0.154 e. The van der Waals surface area contributed by atoms with Crippen LogP contribution in [0.25, 0.3) is 10.8 Å². The Morgan fingerprint density at radius 2 is 1.73 bits per heavy atom. The van der Waals surface area contributed by atoms with E-state index in [9.17, 15) is 14.7 Å². The second-order valence-electron chi connectivity index (χ2n) is 3.18. The van der Waals surface area contributed by atoms with Crippen molar-refractivity contribution >= 4 is 23.3 Å². The van der Waals surface area contributed by atoms with Gasteiger partial charge in [-0.25, -0.2) is 0 Å². The lowest BCUT2D eigenvalue weighted by Crippen LogP contribution is -1.88. The zero-order chi connectivity index (χ0) is 10.8. The third-order valence-corrected chi connectivity index (χ3v) is 2.36. The Morgan fingerprint density at radius 1 is 0.933 bits per heavy atom. The largest absolute Gasteiger partial charge is 0.507 e. The average Bonchev–Trinajstić information content (AvgIpc) is 2.28. The third kappa shape index (κ3) is 1.38. The Hall–Kier alpha value is -2.16. The van der Waals surface area contributed by atoms with Crippen molar-refractivity contribution in [2.75, 3.05) is 0 Å². The van der Waals surface area contributed by atoms with Gasteiger partial charge in [-0.2, -0.15) is 0 Å². The van der Waals surface area contributed by atoms with Crippen molar-refractivity contribution in [3.8, 4) is 5.75 Å². The first-order valence-electron chi connectivity index (χ1n) is 4.43. The molecule has 2 aromatic carbocycles. The molecular weight excluding hydrogens is 192 g/mol. The van der Waals surface area contributed by atoms with Crippen LogP contribution in [-0.2, 0) is 0 Å². The highest BCUT2D eigenvalue weighted by molar-refractivity contribution is 6.06. The van der Waals surface area contributed by atoms with Crippen LogP contribution in [0.4, 0.5) is 0 Å². The zero-order valence-corrected chi connectivity index (χ0v) is 7.81. The van der Waals surface area contributed by atoms with Crippen molar-refractivity contribution in [2.24, 2.45) is 0 Å². The summed E-state index contributed by atoms with van der Waals surface area (Å²) in [6.07, 6.45) is 1.32. The molecular formula is C12H8O3. The number of carbonyl (C=O) groups excluding carboxylic acids is 2. The molecule has 15 heavy (non-hydrogen) atoms. The predicted molar refractivity (Wildman–Crippen MR) is 56.4 cm³/mol. The minimum absolute atomic E-state index is 0.0689. The van der Waals surface area contributed by atoms with Crippen LogP contribution in [0.3, 0.4) is 0 Å². The van der Waals surface area contributed by atoms with Crippen molar-refractivity contribution < 1.29 is 14.7 Å². The SMILES string of the molecule is O=Cc1cccc2c(C=O)c(O)ccc12. The molecule has 3 nitrogen and oxygen atoms in total. The number of aromatic hydroxyl groups is 1. The van der Waals surface area contributed by atoms with Gasteiger partial charge in [0.15, 0.2) is 12.6 Å². The minimum atomic E-state index is -0.0689. The van der Waals surface area contributed by atoms with E-state index in [1.54, 1.807) is 24.3 Å². The number of phenols is 1. The standard InChI is InChI=1S/C12H8O3/c13-6-8-2-1-3-10-9(8)4-5-12(15)11(10)7-14/h1-7,15H. The topological polar surface area (TPSA) is 54.4 Å². The van der Waals surface area contributed by atoms with E-state index in [0.717, 1.165) is 6.29 Å². The molecule has 1 N–H and O–H groups in total. The molecule has 0 amide bonds. The lowest BCUT2D eigenvalue weighted by atomic mass is 10.0. The molecule has 0 heterocycles. The number of rotatable bonds is 2. The maximum Gasteiger partial charge on any atom is 0.154 e. The van der Waals surface area contributed by atoms with Gasteiger partial charge in [-0.1, -0.05) is 18.2 Å². The van der Waals surface area contributed by atoms with Crippen LogP contribution in [0.5, 0.6) is 5.75 Å². The Balaban J connectivity index is 2.94. The third-order valence-electron chi connectivity index (χ3n) is 2.36. The van der Waals surface area contributed by atoms with Crippen LogP contribution < -0.4 is 0 Å². The van der Waals surface area contributed by atoms with E-state index in [0.29, 0.717) is 22.6 Å². The molecule has 0 atom stereocenters. The molecule has 0 fully saturated rings. The first-order valence-corrected chi connectivity index (χ1v) is 4.43. The fourth-order valence-electron chi connectivity index (χ4n) is 1.62. The molecule has 0 unspecified atom stereocenters. The summed E-state index contributed by atoms with van der Waals surface area (Å²) >= 11 is 0. The molecule has 74 valence electrons. The van der Waals surface area contributed by atoms with Crippen molar-refractivity contribution in [3.05, 3.63) is 41.5 Å². The van der Waals surface area contributed by atoms with Gasteiger partial charge in [0, 0.05) is 5.56 Å². The van der Waals surface area contributed by atoms with E-state index in [2.05, 4.69) is 0 Å².